The van der Waals surface area contributed by atoms with E-state index in [1.807, 2.05) is 50.2 Å². The molecule has 0 saturated carbocycles. The molecule has 3 rings (SSSR count). The molecule has 0 fully saturated rings. The van der Waals surface area contributed by atoms with E-state index in [1.165, 1.54) is 5.56 Å². The highest BCUT2D eigenvalue weighted by atomic mass is 16.5. The third kappa shape index (κ3) is 6.35. The molecule has 0 aliphatic heterocycles. The van der Waals surface area contributed by atoms with Crippen LogP contribution < -0.4 is 15.4 Å². The minimum absolute atomic E-state index is 0.0228. The number of hydrogen-bond donors (Lipinski definition) is 2. The summed E-state index contributed by atoms with van der Waals surface area (Å²) in [5, 5.41) is 6.26. The Kier molecular flexibility index (Phi) is 7.22. The van der Waals surface area contributed by atoms with E-state index in [9.17, 15) is 4.79 Å². The topological polar surface area (TPSA) is 63.2 Å². The number of amides is 1. The van der Waals surface area contributed by atoms with Gasteiger partial charge in [0, 0.05) is 18.4 Å². The lowest BCUT2D eigenvalue weighted by molar-refractivity contribution is 0.102. The van der Waals surface area contributed by atoms with E-state index < -0.39 is 0 Å². The maximum absolute atomic E-state index is 12.7. The summed E-state index contributed by atoms with van der Waals surface area (Å²) in [7, 11) is 0. The fraction of sp³-hybridized carbons (Fsp3) is 0.250. The van der Waals surface area contributed by atoms with Crippen LogP contribution >= 0.6 is 0 Å². The van der Waals surface area contributed by atoms with Gasteiger partial charge in [0.25, 0.3) is 5.91 Å². The van der Waals surface area contributed by atoms with Crippen molar-refractivity contribution in [1.29, 1.82) is 0 Å². The second-order valence-corrected chi connectivity index (χ2v) is 7.06. The first-order valence-electron chi connectivity index (χ1n) is 9.92. The summed E-state index contributed by atoms with van der Waals surface area (Å²) in [4.78, 5) is 16.9. The van der Waals surface area contributed by atoms with Gasteiger partial charge in [-0.25, -0.2) is 0 Å². The van der Waals surface area contributed by atoms with E-state index in [-0.39, 0.29) is 12.0 Å². The minimum atomic E-state index is -0.266. The first-order valence-corrected chi connectivity index (χ1v) is 9.92. The van der Waals surface area contributed by atoms with Crippen LogP contribution in [0.1, 0.15) is 36.3 Å². The third-order valence-electron chi connectivity index (χ3n) is 4.30. The fourth-order valence-electron chi connectivity index (χ4n) is 2.95. The average Bonchev–Trinajstić information content (AvgIpc) is 2.73. The number of ether oxygens (including phenoxy) is 1. The Labute approximate surface area is 172 Å². The van der Waals surface area contributed by atoms with Crippen molar-refractivity contribution in [2.45, 2.75) is 32.8 Å². The molecule has 2 aromatic carbocycles. The zero-order chi connectivity index (χ0) is 20.5. The highest BCUT2D eigenvalue weighted by Gasteiger charge is 2.12. The van der Waals surface area contributed by atoms with Gasteiger partial charge in [-0.15, -0.1) is 0 Å². The van der Waals surface area contributed by atoms with Crippen LogP contribution in [0.25, 0.3) is 0 Å². The number of benzene rings is 2. The van der Waals surface area contributed by atoms with Gasteiger partial charge < -0.3 is 15.4 Å². The van der Waals surface area contributed by atoms with Gasteiger partial charge in [0.1, 0.15) is 11.4 Å². The second kappa shape index (κ2) is 10.3. The predicted octanol–water partition coefficient (Wildman–Crippen LogP) is 5.17. The zero-order valence-corrected chi connectivity index (χ0v) is 16.9. The highest BCUT2D eigenvalue weighted by Crippen LogP contribution is 2.25. The van der Waals surface area contributed by atoms with Gasteiger partial charge in [-0.05, 0) is 56.5 Å². The Morgan fingerprint density at radius 1 is 1.03 bits per heavy atom. The normalized spacial score (nSPS) is 10.6. The van der Waals surface area contributed by atoms with Gasteiger partial charge in [0.2, 0.25) is 0 Å². The maximum atomic E-state index is 12.7. The van der Waals surface area contributed by atoms with Gasteiger partial charge in [0.15, 0.2) is 0 Å². The number of pyridine rings is 1. The third-order valence-corrected chi connectivity index (χ3v) is 4.30. The van der Waals surface area contributed by atoms with E-state index in [0.29, 0.717) is 17.1 Å². The molecule has 0 saturated heterocycles. The van der Waals surface area contributed by atoms with Gasteiger partial charge >= 0.3 is 0 Å². The summed E-state index contributed by atoms with van der Waals surface area (Å²) >= 11 is 0. The zero-order valence-electron chi connectivity index (χ0n) is 16.9. The van der Waals surface area contributed by atoms with Gasteiger partial charge in [-0.1, -0.05) is 42.5 Å². The standard InChI is InChI=1S/C24H27N3O2/c1-18(2)29-23-13-7-6-12-21(23)27-24(28)22-17-20(14-16-26-22)25-15-8-11-19-9-4-3-5-10-19/h3-7,9-10,12-14,16-18H,8,11,15H2,1-2H3,(H,25,26)(H,27,28). The Morgan fingerprint density at radius 3 is 2.59 bits per heavy atom. The van der Waals surface area contributed by atoms with Crippen molar-refractivity contribution in [3.63, 3.8) is 0 Å². The monoisotopic (exact) mass is 389 g/mol. The number of anilines is 2. The van der Waals surface area contributed by atoms with Crippen LogP contribution in [0.2, 0.25) is 0 Å². The lowest BCUT2D eigenvalue weighted by Crippen LogP contribution is -2.16. The van der Waals surface area contributed by atoms with Crippen LogP contribution in [0.3, 0.4) is 0 Å². The molecule has 3 aromatic rings. The molecular formula is C24H27N3O2. The smallest absolute Gasteiger partial charge is 0.274 e. The molecule has 0 bridgehead atoms. The van der Waals surface area contributed by atoms with Gasteiger partial charge in [-0.3, -0.25) is 9.78 Å². The minimum Gasteiger partial charge on any atom is -0.489 e. The van der Waals surface area contributed by atoms with Gasteiger partial charge in [-0.2, -0.15) is 0 Å². The van der Waals surface area contributed by atoms with Crippen molar-refractivity contribution < 1.29 is 9.53 Å². The van der Waals surface area contributed by atoms with Crippen LogP contribution in [0.5, 0.6) is 5.75 Å². The fourth-order valence-corrected chi connectivity index (χ4v) is 2.95. The van der Waals surface area contributed by atoms with Gasteiger partial charge in [0.05, 0.1) is 11.8 Å². The summed E-state index contributed by atoms with van der Waals surface area (Å²) in [5.41, 5.74) is 3.20. The molecule has 1 amide bonds. The largest absolute Gasteiger partial charge is 0.489 e. The van der Waals surface area contributed by atoms with E-state index >= 15 is 0 Å². The molecule has 5 nitrogen and oxygen atoms in total. The molecule has 2 N–H and O–H groups in total. The lowest BCUT2D eigenvalue weighted by atomic mass is 10.1. The van der Waals surface area contributed by atoms with Crippen LogP contribution in [-0.4, -0.2) is 23.5 Å². The molecule has 0 spiro atoms. The molecule has 1 heterocycles. The lowest BCUT2D eigenvalue weighted by Gasteiger charge is -2.14. The summed E-state index contributed by atoms with van der Waals surface area (Å²) in [5.74, 6) is 0.379. The molecule has 0 unspecified atom stereocenters. The van der Waals surface area contributed by atoms with Crippen LogP contribution in [-0.2, 0) is 6.42 Å². The molecule has 5 heteroatoms. The van der Waals surface area contributed by atoms with Crippen molar-refractivity contribution in [2.75, 3.05) is 17.2 Å². The van der Waals surface area contributed by atoms with E-state index in [4.69, 9.17) is 4.74 Å². The molecule has 0 radical (unpaired) electrons. The number of nitrogens with zero attached hydrogens (tertiary/aromatic N) is 1. The molecule has 0 atom stereocenters. The summed E-state index contributed by atoms with van der Waals surface area (Å²) in [6.45, 7) is 4.73. The van der Waals surface area contributed by atoms with Crippen LogP contribution in [0.15, 0.2) is 72.9 Å². The van der Waals surface area contributed by atoms with Crippen molar-refractivity contribution >= 4 is 17.3 Å². The summed E-state index contributed by atoms with van der Waals surface area (Å²) in [6, 6.07) is 21.5. The number of aromatic nitrogens is 1. The number of hydrogen-bond acceptors (Lipinski definition) is 4. The summed E-state index contributed by atoms with van der Waals surface area (Å²) in [6.07, 6.45) is 3.69. The Balaban J connectivity index is 1.57. The van der Waals surface area contributed by atoms with Crippen molar-refractivity contribution in [2.24, 2.45) is 0 Å². The number of carbonyl (C=O) groups is 1. The number of nitrogens with one attached hydrogen (secondary N) is 2. The Morgan fingerprint density at radius 2 is 1.79 bits per heavy atom. The number of rotatable bonds is 9. The molecular weight excluding hydrogens is 362 g/mol. The molecule has 0 aliphatic carbocycles. The van der Waals surface area contributed by atoms with Crippen molar-refractivity contribution in [1.82, 2.24) is 4.98 Å². The molecule has 1 aromatic heterocycles. The quantitative estimate of drug-likeness (QED) is 0.496. The SMILES string of the molecule is CC(C)Oc1ccccc1NC(=O)c1cc(NCCCc2ccccc2)ccn1. The number of aryl methyl sites for hydroxylation is 1. The average molecular weight is 389 g/mol. The van der Waals surface area contributed by atoms with Crippen molar-refractivity contribution in [3.05, 3.63) is 84.2 Å². The first-order chi connectivity index (χ1) is 14.1. The molecule has 150 valence electrons. The van der Waals surface area contributed by atoms with Crippen LogP contribution in [0.4, 0.5) is 11.4 Å². The Hall–Kier alpha value is -3.34. The van der Waals surface area contributed by atoms with E-state index in [1.54, 1.807) is 12.3 Å². The van der Waals surface area contributed by atoms with Crippen molar-refractivity contribution in [3.8, 4) is 5.75 Å². The first kappa shape index (κ1) is 20.4. The van der Waals surface area contributed by atoms with E-state index in [2.05, 4.69) is 39.9 Å². The predicted molar refractivity (Wildman–Crippen MR) is 118 cm³/mol. The number of para-hydroxylation sites is 2. The van der Waals surface area contributed by atoms with E-state index in [0.717, 1.165) is 25.1 Å². The second-order valence-electron chi connectivity index (χ2n) is 7.06. The molecule has 0 aliphatic rings. The highest BCUT2D eigenvalue weighted by molar-refractivity contribution is 6.04. The maximum Gasteiger partial charge on any atom is 0.274 e. The van der Waals surface area contributed by atoms with Crippen LogP contribution in [0, 0.1) is 0 Å². The summed E-state index contributed by atoms with van der Waals surface area (Å²) < 4.78 is 5.76. The molecule has 29 heavy (non-hydrogen) atoms. The Bertz CT molecular complexity index is 926. The number of carbonyl (C=O) groups excluding carboxylic acids is 1.